The first-order valence-electron chi connectivity index (χ1n) is 11.1. The minimum Gasteiger partial charge on any atom is -0.372 e. The fraction of sp³-hybridized carbons (Fsp3) is 0.360. The summed E-state index contributed by atoms with van der Waals surface area (Å²) in [7, 11) is 0. The molecule has 1 saturated heterocycles. The van der Waals surface area contributed by atoms with Crippen molar-refractivity contribution < 1.29 is 4.52 Å². The second-order valence-electron chi connectivity index (χ2n) is 7.90. The van der Waals surface area contributed by atoms with Gasteiger partial charge in [0.1, 0.15) is 5.69 Å². The summed E-state index contributed by atoms with van der Waals surface area (Å²) in [6.45, 7) is 7.78. The van der Waals surface area contributed by atoms with Crippen LogP contribution >= 0.6 is 0 Å². The number of nitrogens with zero attached hydrogens (tertiary/aromatic N) is 3. The van der Waals surface area contributed by atoms with E-state index in [2.05, 4.69) is 58.8 Å². The van der Waals surface area contributed by atoms with Crippen molar-refractivity contribution in [2.75, 3.05) is 24.5 Å². The number of benzene rings is 2. The van der Waals surface area contributed by atoms with E-state index in [0.717, 1.165) is 42.6 Å². The Morgan fingerprint density at radius 2 is 1.90 bits per heavy atom. The highest BCUT2D eigenvalue weighted by Gasteiger charge is 2.15. The molecule has 1 aliphatic rings. The second-order valence-corrected chi connectivity index (χ2v) is 7.90. The van der Waals surface area contributed by atoms with Gasteiger partial charge in [0.2, 0.25) is 0 Å². The lowest BCUT2D eigenvalue weighted by Gasteiger charge is -2.22. The summed E-state index contributed by atoms with van der Waals surface area (Å²) in [4.78, 5) is 7.18. The summed E-state index contributed by atoms with van der Waals surface area (Å²) < 4.78 is 5.49. The third-order valence-corrected chi connectivity index (χ3v) is 5.56. The zero-order chi connectivity index (χ0) is 21.5. The van der Waals surface area contributed by atoms with E-state index in [4.69, 9.17) is 9.52 Å². The molecule has 1 aliphatic heterocycles. The maximum atomic E-state index is 5.49. The van der Waals surface area contributed by atoms with Gasteiger partial charge in [0.25, 0.3) is 0 Å². The lowest BCUT2D eigenvalue weighted by atomic mass is 10.1. The molecule has 3 aromatic rings. The Balaban J connectivity index is 1.42. The summed E-state index contributed by atoms with van der Waals surface area (Å²) in [6, 6.07) is 20.9. The van der Waals surface area contributed by atoms with Gasteiger partial charge in [-0.15, -0.1) is 0 Å². The lowest BCUT2D eigenvalue weighted by molar-refractivity contribution is 0.424. The Bertz CT molecular complexity index is 992. The zero-order valence-electron chi connectivity index (χ0n) is 18.3. The number of anilines is 1. The average Bonchev–Trinajstić information content (AvgIpc) is 3.51. The van der Waals surface area contributed by atoms with Crippen LogP contribution in [0.2, 0.25) is 0 Å². The van der Waals surface area contributed by atoms with E-state index in [-0.39, 0.29) is 6.04 Å². The van der Waals surface area contributed by atoms with Crippen molar-refractivity contribution in [2.45, 2.75) is 39.3 Å². The van der Waals surface area contributed by atoms with Gasteiger partial charge < -0.3 is 20.1 Å². The zero-order valence-corrected chi connectivity index (χ0v) is 18.3. The molecule has 0 spiro atoms. The molecule has 2 N–H and O–H groups in total. The highest BCUT2D eigenvalue weighted by Crippen LogP contribution is 2.24. The minimum atomic E-state index is 0.137. The molecule has 1 atom stereocenters. The fourth-order valence-corrected chi connectivity index (χ4v) is 3.86. The Labute approximate surface area is 184 Å². The van der Waals surface area contributed by atoms with Crippen molar-refractivity contribution in [2.24, 2.45) is 4.99 Å². The summed E-state index contributed by atoms with van der Waals surface area (Å²) in [5.41, 5.74) is 4.38. The first kappa shape index (κ1) is 21.0. The van der Waals surface area contributed by atoms with E-state index in [1.807, 2.05) is 36.4 Å². The predicted octanol–water partition coefficient (Wildman–Crippen LogP) is 4.76. The van der Waals surface area contributed by atoms with Crippen LogP contribution in [0.4, 0.5) is 5.69 Å². The molecule has 6 heteroatoms. The van der Waals surface area contributed by atoms with E-state index in [1.54, 1.807) is 0 Å². The maximum Gasteiger partial charge on any atom is 0.192 e. The van der Waals surface area contributed by atoms with Crippen LogP contribution in [0.25, 0.3) is 11.3 Å². The molecule has 2 aromatic carbocycles. The maximum absolute atomic E-state index is 5.49. The molecule has 162 valence electrons. The van der Waals surface area contributed by atoms with Crippen molar-refractivity contribution in [3.63, 3.8) is 0 Å². The Kier molecular flexibility index (Phi) is 6.87. The first-order chi connectivity index (χ1) is 15.2. The van der Waals surface area contributed by atoms with E-state index in [1.165, 1.54) is 24.1 Å². The predicted molar refractivity (Wildman–Crippen MR) is 126 cm³/mol. The summed E-state index contributed by atoms with van der Waals surface area (Å²) in [6.07, 6.45) is 2.56. The monoisotopic (exact) mass is 417 g/mol. The number of rotatable bonds is 7. The van der Waals surface area contributed by atoms with Crippen molar-refractivity contribution >= 4 is 11.6 Å². The van der Waals surface area contributed by atoms with Crippen LogP contribution in [0.15, 0.2) is 70.2 Å². The molecule has 4 rings (SSSR count). The van der Waals surface area contributed by atoms with Crippen molar-refractivity contribution in [3.05, 3.63) is 71.9 Å². The van der Waals surface area contributed by atoms with E-state index in [9.17, 15) is 0 Å². The summed E-state index contributed by atoms with van der Waals surface area (Å²) in [5, 5.41) is 11.0. The molecule has 1 fully saturated rings. The first-order valence-corrected chi connectivity index (χ1v) is 11.1. The molecule has 31 heavy (non-hydrogen) atoms. The quantitative estimate of drug-likeness (QED) is 0.429. The largest absolute Gasteiger partial charge is 0.372 e. The van der Waals surface area contributed by atoms with E-state index in [0.29, 0.717) is 6.54 Å². The lowest BCUT2D eigenvalue weighted by Crippen LogP contribution is -2.38. The van der Waals surface area contributed by atoms with E-state index >= 15 is 0 Å². The molecular weight excluding hydrogens is 386 g/mol. The molecular formula is C25H31N5O. The van der Waals surface area contributed by atoms with Crippen molar-refractivity contribution in [3.8, 4) is 11.3 Å². The van der Waals surface area contributed by atoms with Crippen LogP contribution < -0.4 is 15.5 Å². The highest BCUT2D eigenvalue weighted by molar-refractivity contribution is 5.80. The average molecular weight is 418 g/mol. The standard InChI is InChI=1S/C25H31N5O/c1-3-26-25(27-18-22-17-24(31-29-22)20-10-5-4-6-11-20)28-19(2)21-12-9-13-23(16-21)30-14-7-8-15-30/h4-6,9-13,16-17,19H,3,7-8,14-15,18H2,1-2H3,(H2,26,27,28). The number of guanidine groups is 1. The van der Waals surface area contributed by atoms with Crippen LogP contribution in [0.3, 0.4) is 0 Å². The normalized spacial score (nSPS) is 15.2. The van der Waals surface area contributed by atoms with Gasteiger partial charge in [-0.25, -0.2) is 4.99 Å². The molecule has 6 nitrogen and oxygen atoms in total. The molecule has 2 heterocycles. The second kappa shape index (κ2) is 10.2. The molecule has 1 unspecified atom stereocenters. The summed E-state index contributed by atoms with van der Waals surface area (Å²) in [5.74, 6) is 1.53. The smallest absolute Gasteiger partial charge is 0.192 e. The van der Waals surface area contributed by atoms with Crippen molar-refractivity contribution in [1.82, 2.24) is 15.8 Å². The Morgan fingerprint density at radius 3 is 2.68 bits per heavy atom. The van der Waals surface area contributed by atoms with Gasteiger partial charge >= 0.3 is 0 Å². The third kappa shape index (κ3) is 5.45. The number of aromatic nitrogens is 1. The van der Waals surface area contributed by atoms with Gasteiger partial charge in [-0.2, -0.15) is 0 Å². The van der Waals surface area contributed by atoms with Crippen LogP contribution in [0, 0.1) is 0 Å². The van der Waals surface area contributed by atoms with Crippen LogP contribution in [0.5, 0.6) is 0 Å². The van der Waals surface area contributed by atoms with Crippen LogP contribution in [-0.4, -0.2) is 30.8 Å². The molecule has 1 aromatic heterocycles. The van der Waals surface area contributed by atoms with Gasteiger partial charge in [0.05, 0.1) is 12.6 Å². The van der Waals surface area contributed by atoms with Gasteiger partial charge in [0, 0.05) is 37.0 Å². The summed E-state index contributed by atoms with van der Waals surface area (Å²) >= 11 is 0. The third-order valence-electron chi connectivity index (χ3n) is 5.56. The topological polar surface area (TPSA) is 65.7 Å². The van der Waals surface area contributed by atoms with Gasteiger partial charge in [0.15, 0.2) is 11.7 Å². The van der Waals surface area contributed by atoms with E-state index < -0.39 is 0 Å². The molecule has 0 saturated carbocycles. The van der Waals surface area contributed by atoms with Gasteiger partial charge in [-0.3, -0.25) is 0 Å². The molecule has 0 amide bonds. The number of hydrogen-bond acceptors (Lipinski definition) is 4. The highest BCUT2D eigenvalue weighted by atomic mass is 16.5. The Morgan fingerprint density at radius 1 is 1.10 bits per heavy atom. The van der Waals surface area contributed by atoms with Crippen molar-refractivity contribution in [1.29, 1.82) is 0 Å². The van der Waals surface area contributed by atoms with Gasteiger partial charge in [-0.1, -0.05) is 47.6 Å². The number of hydrogen-bond donors (Lipinski definition) is 2. The molecule has 0 bridgehead atoms. The fourth-order valence-electron chi connectivity index (χ4n) is 3.86. The Hall–Kier alpha value is -3.28. The number of aliphatic imine (C=N–C) groups is 1. The molecule has 0 radical (unpaired) electrons. The minimum absolute atomic E-state index is 0.137. The SMILES string of the molecule is CCNC(=NCc1cc(-c2ccccc2)on1)NC(C)c1cccc(N2CCCC2)c1. The van der Waals surface area contributed by atoms with Crippen LogP contribution in [-0.2, 0) is 6.54 Å². The number of nitrogens with one attached hydrogen (secondary N) is 2. The van der Waals surface area contributed by atoms with Crippen LogP contribution in [0.1, 0.15) is 44.0 Å². The van der Waals surface area contributed by atoms with Gasteiger partial charge in [-0.05, 0) is 44.4 Å². The molecule has 0 aliphatic carbocycles.